The highest BCUT2D eigenvalue weighted by Gasteiger charge is 2.46. The molecule has 2 atom stereocenters. The van der Waals surface area contributed by atoms with Gasteiger partial charge in [0.15, 0.2) is 5.58 Å². The molecule has 3 aromatic carbocycles. The fourth-order valence-corrected chi connectivity index (χ4v) is 5.40. The van der Waals surface area contributed by atoms with E-state index in [4.69, 9.17) is 26.5 Å². The topological polar surface area (TPSA) is 141 Å². The number of hydrogen-bond acceptors (Lipinski definition) is 7. The summed E-state index contributed by atoms with van der Waals surface area (Å²) in [6.07, 6.45) is -4.84. The van der Waals surface area contributed by atoms with Crippen molar-refractivity contribution >= 4 is 34.5 Å². The summed E-state index contributed by atoms with van der Waals surface area (Å²) >= 11 is 5.97. The fourth-order valence-electron chi connectivity index (χ4n) is 5.24. The molecule has 4 N–H and O–H groups in total. The van der Waals surface area contributed by atoms with Gasteiger partial charge in [-0.1, -0.05) is 41.9 Å². The van der Waals surface area contributed by atoms with E-state index in [2.05, 4.69) is 15.3 Å². The van der Waals surface area contributed by atoms with Gasteiger partial charge in [-0.25, -0.2) is 18.7 Å². The van der Waals surface area contributed by atoms with Gasteiger partial charge in [-0.15, -0.1) is 0 Å². The van der Waals surface area contributed by atoms with Gasteiger partial charge in [-0.05, 0) is 42.8 Å². The van der Waals surface area contributed by atoms with Gasteiger partial charge in [0.05, 0.1) is 17.3 Å². The molecule has 0 unspecified atom stereocenters. The Kier molecular flexibility index (Phi) is 7.68. The Bertz CT molecular complexity index is 2070. The lowest BCUT2D eigenvalue weighted by atomic mass is 9.80. The number of rotatable bonds is 7. The molecular weight excluding hydrogens is 651 g/mol. The normalized spacial score (nSPS) is 17.2. The van der Waals surface area contributed by atoms with Crippen LogP contribution in [0.5, 0.6) is 5.75 Å². The van der Waals surface area contributed by atoms with Gasteiger partial charge < -0.3 is 25.3 Å². The lowest BCUT2D eigenvalue weighted by molar-refractivity contribution is -0.156. The first kappa shape index (κ1) is 31.9. The summed E-state index contributed by atoms with van der Waals surface area (Å²) in [4.78, 5) is 33.8. The first-order valence-electron chi connectivity index (χ1n) is 13.8. The van der Waals surface area contributed by atoms with Crippen molar-refractivity contribution in [2.45, 2.75) is 24.1 Å². The number of nitrogens with two attached hydrogens (primary N) is 1. The zero-order valence-electron chi connectivity index (χ0n) is 24.1. The SMILES string of the molecule is C[C@]1(C(N)=O)COc2c1cc([C@@](O)(CNC(=O)c1ccc3nc(C(F)(F)F)oc3c1)c1ccccc1)nc2-c1cc(Cl)c(F)cc1F. The molecule has 0 saturated carbocycles. The van der Waals surface area contributed by atoms with E-state index < -0.39 is 58.1 Å². The standard InChI is InChI=1S/C32H22ClF5N4O5/c1-30(28(39)44)14-46-26-18(30)11-24(42-25(26)17-10-19(33)21(35)12-20(17)34)31(45,16-5-3-2-4-6-16)13-40-27(43)15-7-8-22-23(9-15)47-29(41-22)32(36,37)38/h2-12,45H,13-14H2,1H3,(H2,39,44)(H,40,43)/t30-,31+/m0/s1. The van der Waals surface area contributed by atoms with E-state index in [0.29, 0.717) is 6.07 Å². The quantitative estimate of drug-likeness (QED) is 0.150. The molecule has 242 valence electrons. The van der Waals surface area contributed by atoms with Crippen molar-refractivity contribution in [2.75, 3.05) is 13.2 Å². The zero-order valence-corrected chi connectivity index (χ0v) is 24.8. The number of alkyl halides is 3. The number of amides is 2. The summed E-state index contributed by atoms with van der Waals surface area (Å²) in [5.41, 5.74) is 1.18. The predicted molar refractivity (Wildman–Crippen MR) is 157 cm³/mol. The molecule has 1 aliphatic rings. The van der Waals surface area contributed by atoms with Crippen LogP contribution in [0.15, 0.2) is 71.1 Å². The third-order valence-corrected chi connectivity index (χ3v) is 8.24. The van der Waals surface area contributed by atoms with Gasteiger partial charge in [-0.2, -0.15) is 13.2 Å². The minimum atomic E-state index is -4.84. The summed E-state index contributed by atoms with van der Waals surface area (Å²) in [5, 5.41) is 14.4. The van der Waals surface area contributed by atoms with Crippen LogP contribution < -0.4 is 15.8 Å². The number of aromatic nitrogens is 2. The first-order valence-corrected chi connectivity index (χ1v) is 14.2. The Morgan fingerprint density at radius 1 is 1.04 bits per heavy atom. The first-order chi connectivity index (χ1) is 22.1. The summed E-state index contributed by atoms with van der Waals surface area (Å²) in [5.74, 6) is -5.24. The molecular formula is C32H22ClF5N4O5. The van der Waals surface area contributed by atoms with Gasteiger partial charge in [0, 0.05) is 22.8 Å². The highest BCUT2D eigenvalue weighted by atomic mass is 35.5. The Balaban J connectivity index is 1.46. The molecule has 1 aliphatic heterocycles. The van der Waals surface area contributed by atoms with Crippen LogP contribution in [0.25, 0.3) is 22.4 Å². The van der Waals surface area contributed by atoms with E-state index in [0.717, 1.165) is 12.1 Å². The van der Waals surface area contributed by atoms with Crippen molar-refractivity contribution in [1.29, 1.82) is 0 Å². The summed E-state index contributed by atoms with van der Waals surface area (Å²) in [6.45, 7) is 0.646. The number of fused-ring (bicyclic) bond motifs is 2. The molecule has 0 aliphatic carbocycles. The highest BCUT2D eigenvalue weighted by Crippen LogP contribution is 2.47. The molecule has 15 heteroatoms. The number of benzene rings is 3. The van der Waals surface area contributed by atoms with Crippen molar-refractivity contribution in [3.63, 3.8) is 0 Å². The van der Waals surface area contributed by atoms with E-state index >= 15 is 4.39 Å². The minimum absolute atomic E-state index is 0.0466. The third kappa shape index (κ3) is 5.52. The molecule has 0 fully saturated rings. The lowest BCUT2D eigenvalue weighted by Crippen LogP contribution is -2.43. The number of pyridine rings is 1. The number of ether oxygens (including phenoxy) is 1. The molecule has 0 bridgehead atoms. The van der Waals surface area contributed by atoms with Gasteiger partial charge in [-0.3, -0.25) is 9.59 Å². The summed E-state index contributed by atoms with van der Waals surface area (Å²) in [7, 11) is 0. The monoisotopic (exact) mass is 672 g/mol. The van der Waals surface area contributed by atoms with Crippen LogP contribution in [0.3, 0.4) is 0 Å². The van der Waals surface area contributed by atoms with E-state index in [-0.39, 0.29) is 57.1 Å². The molecule has 6 rings (SSSR count). The molecule has 5 aromatic rings. The van der Waals surface area contributed by atoms with Crippen molar-refractivity contribution in [1.82, 2.24) is 15.3 Å². The summed E-state index contributed by atoms with van der Waals surface area (Å²) < 4.78 is 79.1. The molecule has 47 heavy (non-hydrogen) atoms. The number of aliphatic hydroxyl groups is 1. The number of carbonyl (C=O) groups is 2. The second-order valence-electron chi connectivity index (χ2n) is 11.1. The Morgan fingerprint density at radius 3 is 2.45 bits per heavy atom. The second kappa shape index (κ2) is 11.3. The minimum Gasteiger partial charge on any atom is -0.489 e. The van der Waals surface area contributed by atoms with E-state index in [1.807, 2.05) is 0 Å². The van der Waals surface area contributed by atoms with Gasteiger partial charge in [0.2, 0.25) is 5.91 Å². The summed E-state index contributed by atoms with van der Waals surface area (Å²) in [6, 6.07) is 14.3. The van der Waals surface area contributed by atoms with Crippen LogP contribution in [0.2, 0.25) is 5.02 Å². The maximum absolute atomic E-state index is 15.2. The Hall–Kier alpha value is -5.08. The molecule has 2 amide bonds. The van der Waals surface area contributed by atoms with Gasteiger partial charge in [0.1, 0.15) is 46.2 Å². The van der Waals surface area contributed by atoms with Crippen LogP contribution in [0.4, 0.5) is 22.0 Å². The molecule has 3 heterocycles. The maximum atomic E-state index is 15.2. The number of primary amides is 1. The molecule has 2 aromatic heterocycles. The van der Waals surface area contributed by atoms with Crippen LogP contribution in [0.1, 0.15) is 40.0 Å². The number of nitrogens with one attached hydrogen (secondary N) is 1. The van der Waals surface area contributed by atoms with Crippen LogP contribution in [-0.2, 0) is 22.0 Å². The largest absolute Gasteiger partial charge is 0.489 e. The number of halogens is 6. The highest BCUT2D eigenvalue weighted by molar-refractivity contribution is 6.31. The van der Waals surface area contributed by atoms with E-state index in [1.165, 1.54) is 37.3 Å². The number of nitrogens with zero attached hydrogens (tertiary/aromatic N) is 2. The Labute approximate surface area is 267 Å². The fraction of sp³-hybridized carbons (Fsp3) is 0.188. The smallest absolute Gasteiger partial charge is 0.468 e. The van der Waals surface area contributed by atoms with Gasteiger partial charge in [0.25, 0.3) is 5.91 Å². The van der Waals surface area contributed by atoms with Crippen molar-refractivity contribution < 1.29 is 45.8 Å². The van der Waals surface area contributed by atoms with Crippen molar-refractivity contribution in [3.05, 3.63) is 112 Å². The van der Waals surface area contributed by atoms with E-state index in [9.17, 15) is 32.3 Å². The number of oxazole rings is 1. The second-order valence-corrected chi connectivity index (χ2v) is 11.5. The number of carbonyl (C=O) groups excluding carboxylic acids is 2. The molecule has 0 radical (unpaired) electrons. The lowest BCUT2D eigenvalue weighted by Gasteiger charge is -2.30. The maximum Gasteiger partial charge on any atom is 0.468 e. The Morgan fingerprint density at radius 2 is 1.77 bits per heavy atom. The van der Waals surface area contributed by atoms with E-state index in [1.54, 1.807) is 18.2 Å². The van der Waals surface area contributed by atoms with Crippen molar-refractivity contribution in [3.8, 4) is 17.0 Å². The average Bonchev–Trinajstić information content (AvgIpc) is 3.63. The average molecular weight is 673 g/mol. The van der Waals surface area contributed by atoms with Crippen LogP contribution in [0, 0.1) is 11.6 Å². The molecule has 0 spiro atoms. The molecule has 9 nitrogen and oxygen atoms in total. The zero-order chi connectivity index (χ0) is 33.9. The van der Waals surface area contributed by atoms with Crippen LogP contribution >= 0.6 is 11.6 Å². The molecule has 0 saturated heterocycles. The van der Waals surface area contributed by atoms with Crippen molar-refractivity contribution in [2.24, 2.45) is 5.73 Å². The number of hydrogen-bond donors (Lipinski definition) is 3. The predicted octanol–water partition coefficient (Wildman–Crippen LogP) is 5.64. The van der Waals surface area contributed by atoms with Gasteiger partial charge >= 0.3 is 12.1 Å². The third-order valence-electron chi connectivity index (χ3n) is 7.95. The van der Waals surface area contributed by atoms with Crippen LogP contribution in [-0.4, -0.2) is 40.0 Å².